The van der Waals surface area contributed by atoms with Crippen LogP contribution in [-0.4, -0.2) is 57.1 Å². The molecule has 2 atom stereocenters. The highest BCUT2D eigenvalue weighted by Crippen LogP contribution is 2.30. The van der Waals surface area contributed by atoms with Gasteiger partial charge < -0.3 is 9.80 Å². The molecule has 0 radical (unpaired) electrons. The summed E-state index contributed by atoms with van der Waals surface area (Å²) >= 11 is 0. The molecule has 0 spiro atoms. The van der Waals surface area contributed by atoms with Crippen LogP contribution >= 0.6 is 0 Å². The fourth-order valence-electron chi connectivity index (χ4n) is 3.95. The highest BCUT2D eigenvalue weighted by Gasteiger charge is 2.37. The Morgan fingerprint density at radius 2 is 2.09 bits per heavy atom. The normalized spacial score (nSPS) is 25.0. The summed E-state index contributed by atoms with van der Waals surface area (Å²) < 4.78 is 1.72. The van der Waals surface area contributed by atoms with Gasteiger partial charge in [0.25, 0.3) is 0 Å². The topological polar surface area (TPSA) is 58.4 Å². The van der Waals surface area contributed by atoms with Crippen molar-refractivity contribution in [1.82, 2.24) is 19.6 Å². The third-order valence-corrected chi connectivity index (χ3v) is 5.14. The lowest BCUT2D eigenvalue weighted by atomic mass is 9.88. The van der Waals surface area contributed by atoms with Crippen molar-refractivity contribution in [2.45, 2.75) is 52.1 Å². The minimum atomic E-state index is 0.151. The minimum Gasteiger partial charge on any atom is -0.343 e. The first kappa shape index (κ1) is 16.0. The van der Waals surface area contributed by atoms with Crippen LogP contribution in [0.4, 0.5) is 0 Å². The summed E-state index contributed by atoms with van der Waals surface area (Å²) in [4.78, 5) is 28.4. The molecule has 2 saturated heterocycles. The standard InChI is InChI=1S/C17H26N4O2/c1-13-9-18-20(10-13)12-17(23)21-7-4-3-5-15-11-19(14(2)22)8-6-16(15)21/h9-10,15-16H,3-8,11-12H2,1-2H3/t15-,16-/m1/s1. The van der Waals surface area contributed by atoms with Gasteiger partial charge >= 0.3 is 0 Å². The van der Waals surface area contributed by atoms with Gasteiger partial charge in [0.05, 0.1) is 6.20 Å². The van der Waals surface area contributed by atoms with Crippen molar-refractivity contribution in [1.29, 1.82) is 0 Å². The second-order valence-corrected chi connectivity index (χ2v) is 6.88. The molecule has 3 heterocycles. The molecule has 126 valence electrons. The lowest BCUT2D eigenvalue weighted by Crippen LogP contribution is -2.53. The molecule has 0 unspecified atom stereocenters. The lowest BCUT2D eigenvalue weighted by molar-refractivity contribution is -0.138. The quantitative estimate of drug-likeness (QED) is 0.829. The molecule has 23 heavy (non-hydrogen) atoms. The van der Waals surface area contributed by atoms with E-state index >= 15 is 0 Å². The highest BCUT2D eigenvalue weighted by molar-refractivity contribution is 5.76. The van der Waals surface area contributed by atoms with Gasteiger partial charge in [0.2, 0.25) is 11.8 Å². The molecule has 2 fully saturated rings. The summed E-state index contributed by atoms with van der Waals surface area (Å²) in [6, 6.07) is 0.275. The van der Waals surface area contributed by atoms with E-state index < -0.39 is 0 Å². The second kappa shape index (κ2) is 6.72. The number of piperidine rings is 1. The van der Waals surface area contributed by atoms with E-state index in [2.05, 4.69) is 10.00 Å². The zero-order valence-electron chi connectivity index (χ0n) is 14.1. The van der Waals surface area contributed by atoms with Gasteiger partial charge in [0.1, 0.15) is 6.54 Å². The van der Waals surface area contributed by atoms with Crippen molar-refractivity contribution in [3.8, 4) is 0 Å². The van der Waals surface area contributed by atoms with Crippen LogP contribution in [0.25, 0.3) is 0 Å². The first-order chi connectivity index (χ1) is 11.0. The largest absolute Gasteiger partial charge is 0.343 e. The fraction of sp³-hybridized carbons (Fsp3) is 0.706. The van der Waals surface area contributed by atoms with Gasteiger partial charge in [-0.25, -0.2) is 0 Å². The zero-order chi connectivity index (χ0) is 16.4. The first-order valence-corrected chi connectivity index (χ1v) is 8.58. The lowest BCUT2D eigenvalue weighted by Gasteiger charge is -2.42. The average Bonchev–Trinajstić information content (AvgIpc) is 2.81. The highest BCUT2D eigenvalue weighted by atomic mass is 16.2. The number of carbonyl (C=O) groups excluding carboxylic acids is 2. The predicted octanol–water partition coefficient (Wildman–Crippen LogP) is 1.44. The maximum Gasteiger partial charge on any atom is 0.244 e. The number of carbonyl (C=O) groups is 2. The summed E-state index contributed by atoms with van der Waals surface area (Å²) in [6.07, 6.45) is 7.89. The van der Waals surface area contributed by atoms with Crippen LogP contribution in [0.5, 0.6) is 0 Å². The minimum absolute atomic E-state index is 0.151. The van der Waals surface area contributed by atoms with E-state index in [4.69, 9.17) is 0 Å². The third kappa shape index (κ3) is 3.57. The summed E-state index contributed by atoms with van der Waals surface area (Å²) in [5, 5.41) is 4.23. The number of hydrogen-bond acceptors (Lipinski definition) is 3. The summed E-state index contributed by atoms with van der Waals surface area (Å²) in [5.74, 6) is 0.720. The van der Waals surface area contributed by atoms with Crippen molar-refractivity contribution in [2.24, 2.45) is 5.92 Å². The smallest absolute Gasteiger partial charge is 0.244 e. The molecule has 6 nitrogen and oxygen atoms in total. The van der Waals surface area contributed by atoms with Crippen LogP contribution < -0.4 is 0 Å². The number of fused-ring (bicyclic) bond motifs is 1. The Balaban J connectivity index is 1.70. The summed E-state index contributed by atoms with van der Waals surface area (Å²) in [5.41, 5.74) is 1.07. The van der Waals surface area contributed by atoms with Crippen molar-refractivity contribution in [3.05, 3.63) is 18.0 Å². The van der Waals surface area contributed by atoms with E-state index in [0.29, 0.717) is 12.5 Å². The predicted molar refractivity (Wildman–Crippen MR) is 86.7 cm³/mol. The maximum atomic E-state index is 12.8. The van der Waals surface area contributed by atoms with Crippen molar-refractivity contribution < 1.29 is 9.59 Å². The van der Waals surface area contributed by atoms with Gasteiger partial charge in [-0.1, -0.05) is 6.42 Å². The molecular formula is C17H26N4O2. The van der Waals surface area contributed by atoms with E-state index in [1.54, 1.807) is 17.8 Å². The number of amides is 2. The second-order valence-electron chi connectivity index (χ2n) is 6.88. The molecule has 0 saturated carbocycles. The van der Waals surface area contributed by atoms with E-state index in [9.17, 15) is 9.59 Å². The molecule has 0 N–H and O–H groups in total. The van der Waals surface area contributed by atoms with Crippen molar-refractivity contribution in [2.75, 3.05) is 19.6 Å². The molecule has 2 amide bonds. The maximum absolute atomic E-state index is 12.8. The van der Waals surface area contributed by atoms with Crippen LogP contribution in [0.15, 0.2) is 12.4 Å². The number of aryl methyl sites for hydroxylation is 1. The van der Waals surface area contributed by atoms with Gasteiger partial charge in [-0.3, -0.25) is 14.3 Å². The molecule has 2 aliphatic rings. The summed E-state index contributed by atoms with van der Waals surface area (Å²) in [7, 11) is 0. The Bertz CT molecular complexity index is 583. The van der Waals surface area contributed by atoms with Crippen LogP contribution in [0, 0.1) is 12.8 Å². The average molecular weight is 318 g/mol. The zero-order valence-corrected chi connectivity index (χ0v) is 14.1. The monoisotopic (exact) mass is 318 g/mol. The van der Waals surface area contributed by atoms with Gasteiger partial charge in [-0.2, -0.15) is 5.10 Å². The van der Waals surface area contributed by atoms with Crippen LogP contribution in [-0.2, 0) is 16.1 Å². The number of rotatable bonds is 2. The van der Waals surface area contributed by atoms with Crippen LogP contribution in [0.1, 0.15) is 38.2 Å². The SMILES string of the molecule is CC(=O)N1CC[C@@H]2[C@H](CCCCN2C(=O)Cn2cc(C)cn2)C1. The number of hydrogen-bond donors (Lipinski definition) is 0. The van der Waals surface area contributed by atoms with Crippen molar-refractivity contribution >= 4 is 11.8 Å². The first-order valence-electron chi connectivity index (χ1n) is 8.58. The van der Waals surface area contributed by atoms with Crippen molar-refractivity contribution in [3.63, 3.8) is 0 Å². The molecule has 3 rings (SSSR count). The molecule has 0 bridgehead atoms. The van der Waals surface area contributed by atoms with Crippen LogP contribution in [0.2, 0.25) is 0 Å². The Kier molecular flexibility index (Phi) is 4.68. The number of nitrogens with zero attached hydrogens (tertiary/aromatic N) is 4. The molecule has 0 aliphatic carbocycles. The Hall–Kier alpha value is -1.85. The molecule has 2 aliphatic heterocycles. The molecular weight excluding hydrogens is 292 g/mol. The Morgan fingerprint density at radius 1 is 1.26 bits per heavy atom. The van der Waals surface area contributed by atoms with E-state index in [-0.39, 0.29) is 17.9 Å². The number of likely N-dealkylation sites (tertiary alicyclic amines) is 2. The molecule has 1 aromatic rings. The van der Waals surface area contributed by atoms with E-state index in [1.807, 2.05) is 18.0 Å². The van der Waals surface area contributed by atoms with E-state index in [1.165, 1.54) is 0 Å². The molecule has 6 heteroatoms. The van der Waals surface area contributed by atoms with E-state index in [0.717, 1.165) is 50.9 Å². The third-order valence-electron chi connectivity index (χ3n) is 5.14. The van der Waals surface area contributed by atoms with Gasteiger partial charge in [0.15, 0.2) is 0 Å². The Labute approximate surface area is 137 Å². The molecule has 1 aromatic heterocycles. The summed E-state index contributed by atoms with van der Waals surface area (Å²) in [6.45, 7) is 6.33. The fourth-order valence-corrected chi connectivity index (χ4v) is 3.95. The molecule has 0 aromatic carbocycles. The van der Waals surface area contributed by atoms with Crippen LogP contribution in [0.3, 0.4) is 0 Å². The number of aromatic nitrogens is 2. The Morgan fingerprint density at radius 3 is 2.78 bits per heavy atom. The van der Waals surface area contributed by atoms with Gasteiger partial charge in [-0.15, -0.1) is 0 Å². The van der Waals surface area contributed by atoms with Gasteiger partial charge in [-0.05, 0) is 37.7 Å². The van der Waals surface area contributed by atoms with Gasteiger partial charge in [0, 0.05) is 38.8 Å².